The molecule has 0 aliphatic rings. The minimum Gasteiger partial charge on any atom is -0.354 e. The van der Waals surface area contributed by atoms with Crippen LogP contribution >= 0.6 is 0 Å². The standard InChI is InChI=1S/C30H36FN3O4S/c1-5-27(30(36)32-19-22(2)3)33(20-24-14-10-9-13-23(24)4)29(35)21-34(28-18-12-11-17-26(28)31)39(37,38)25-15-7-6-8-16-25/h6-18,22,27H,5,19-21H2,1-4H3,(H,32,36). The normalized spacial score (nSPS) is 12.2. The average Bonchev–Trinajstić information content (AvgIpc) is 2.92. The molecule has 0 heterocycles. The molecular weight excluding hydrogens is 517 g/mol. The minimum absolute atomic E-state index is 0.0757. The molecule has 9 heteroatoms. The van der Waals surface area contributed by atoms with Crippen LogP contribution in [0.5, 0.6) is 0 Å². The number of nitrogens with one attached hydrogen (secondary N) is 1. The van der Waals surface area contributed by atoms with Crippen molar-refractivity contribution in [1.82, 2.24) is 10.2 Å². The number of para-hydroxylation sites is 1. The zero-order valence-corrected chi connectivity index (χ0v) is 23.6. The van der Waals surface area contributed by atoms with Gasteiger partial charge in [-0.2, -0.15) is 0 Å². The van der Waals surface area contributed by atoms with E-state index in [9.17, 15) is 22.4 Å². The number of carbonyl (C=O) groups excluding carboxylic acids is 2. The summed E-state index contributed by atoms with van der Waals surface area (Å²) < 4.78 is 43.2. The zero-order valence-electron chi connectivity index (χ0n) is 22.8. The largest absolute Gasteiger partial charge is 0.354 e. The summed E-state index contributed by atoms with van der Waals surface area (Å²) in [6, 6.07) is 19.7. The Bertz CT molecular complexity index is 1380. The molecule has 39 heavy (non-hydrogen) atoms. The van der Waals surface area contributed by atoms with Gasteiger partial charge in [0, 0.05) is 13.1 Å². The molecule has 0 saturated carbocycles. The Morgan fingerprint density at radius 3 is 2.15 bits per heavy atom. The topological polar surface area (TPSA) is 86.8 Å². The van der Waals surface area contributed by atoms with Crippen molar-refractivity contribution >= 4 is 27.5 Å². The van der Waals surface area contributed by atoms with Gasteiger partial charge in [0.25, 0.3) is 10.0 Å². The van der Waals surface area contributed by atoms with Crippen molar-refractivity contribution in [3.05, 3.63) is 95.8 Å². The van der Waals surface area contributed by atoms with E-state index in [2.05, 4.69) is 5.32 Å². The van der Waals surface area contributed by atoms with Crippen molar-refractivity contribution in [3.8, 4) is 0 Å². The number of hydrogen-bond acceptors (Lipinski definition) is 4. The molecular formula is C30H36FN3O4S. The number of nitrogens with zero attached hydrogens (tertiary/aromatic N) is 2. The number of sulfonamides is 1. The van der Waals surface area contributed by atoms with Crippen LogP contribution in [0.1, 0.15) is 38.3 Å². The highest BCUT2D eigenvalue weighted by Crippen LogP contribution is 2.27. The molecule has 1 N–H and O–H groups in total. The van der Waals surface area contributed by atoms with Gasteiger partial charge in [-0.1, -0.05) is 75.4 Å². The van der Waals surface area contributed by atoms with Crippen LogP contribution in [0, 0.1) is 18.7 Å². The van der Waals surface area contributed by atoms with Crippen LogP contribution < -0.4 is 9.62 Å². The van der Waals surface area contributed by atoms with E-state index in [-0.39, 0.29) is 29.0 Å². The molecule has 3 aromatic rings. The fourth-order valence-electron chi connectivity index (χ4n) is 4.20. The van der Waals surface area contributed by atoms with Crippen molar-refractivity contribution in [2.24, 2.45) is 5.92 Å². The van der Waals surface area contributed by atoms with Crippen LogP contribution in [0.2, 0.25) is 0 Å². The second-order valence-corrected chi connectivity index (χ2v) is 11.6. The van der Waals surface area contributed by atoms with E-state index in [0.29, 0.717) is 13.0 Å². The Morgan fingerprint density at radius 1 is 0.923 bits per heavy atom. The van der Waals surface area contributed by atoms with Crippen LogP contribution in [0.15, 0.2) is 83.8 Å². The predicted octanol–water partition coefficient (Wildman–Crippen LogP) is 4.91. The quantitative estimate of drug-likeness (QED) is 0.345. The Balaban J connectivity index is 2.06. The SMILES string of the molecule is CCC(C(=O)NCC(C)C)N(Cc1ccccc1C)C(=O)CN(c1ccccc1F)S(=O)(=O)c1ccccc1. The third-order valence-corrected chi connectivity index (χ3v) is 8.18. The smallest absolute Gasteiger partial charge is 0.264 e. The first-order chi connectivity index (χ1) is 18.6. The Hall–Kier alpha value is -3.72. The third-order valence-electron chi connectivity index (χ3n) is 6.40. The van der Waals surface area contributed by atoms with E-state index in [1.54, 1.807) is 25.1 Å². The second-order valence-electron chi connectivity index (χ2n) is 9.79. The number of rotatable bonds is 12. The number of anilines is 1. The van der Waals surface area contributed by atoms with Crippen molar-refractivity contribution in [3.63, 3.8) is 0 Å². The lowest BCUT2D eigenvalue weighted by Crippen LogP contribution is -2.52. The zero-order chi connectivity index (χ0) is 28.6. The molecule has 2 amide bonds. The van der Waals surface area contributed by atoms with Crippen LogP contribution in [0.4, 0.5) is 10.1 Å². The summed E-state index contributed by atoms with van der Waals surface area (Å²) in [7, 11) is -4.32. The average molecular weight is 554 g/mol. The van der Waals surface area contributed by atoms with Crippen LogP contribution in [-0.2, 0) is 26.2 Å². The summed E-state index contributed by atoms with van der Waals surface area (Å²) >= 11 is 0. The summed E-state index contributed by atoms with van der Waals surface area (Å²) in [6.07, 6.45) is 0.312. The molecule has 208 valence electrons. The van der Waals surface area contributed by atoms with E-state index in [1.807, 2.05) is 45.0 Å². The highest BCUT2D eigenvalue weighted by atomic mass is 32.2. The number of hydrogen-bond donors (Lipinski definition) is 1. The maximum atomic E-state index is 15.0. The Kier molecular flexibility index (Phi) is 10.2. The summed E-state index contributed by atoms with van der Waals surface area (Å²) in [5.41, 5.74) is 1.50. The van der Waals surface area contributed by atoms with Crippen molar-refractivity contribution in [2.45, 2.75) is 51.6 Å². The van der Waals surface area contributed by atoms with Gasteiger partial charge in [0.2, 0.25) is 11.8 Å². The fourth-order valence-corrected chi connectivity index (χ4v) is 5.64. The van der Waals surface area contributed by atoms with Gasteiger partial charge in [-0.3, -0.25) is 13.9 Å². The lowest BCUT2D eigenvalue weighted by atomic mass is 10.1. The third kappa shape index (κ3) is 7.44. The number of carbonyl (C=O) groups is 2. The highest BCUT2D eigenvalue weighted by Gasteiger charge is 2.34. The molecule has 3 aromatic carbocycles. The summed E-state index contributed by atoms with van der Waals surface area (Å²) in [5.74, 6) is -1.51. The molecule has 0 fully saturated rings. The minimum atomic E-state index is -4.32. The van der Waals surface area contributed by atoms with Gasteiger partial charge in [0.05, 0.1) is 10.6 Å². The second kappa shape index (κ2) is 13.4. The summed E-state index contributed by atoms with van der Waals surface area (Å²) in [4.78, 5) is 28.5. The van der Waals surface area contributed by atoms with E-state index in [1.165, 1.54) is 35.2 Å². The maximum Gasteiger partial charge on any atom is 0.264 e. The molecule has 1 unspecified atom stereocenters. The molecule has 7 nitrogen and oxygen atoms in total. The molecule has 3 rings (SSSR count). The monoisotopic (exact) mass is 553 g/mol. The van der Waals surface area contributed by atoms with Crippen molar-refractivity contribution < 1.29 is 22.4 Å². The van der Waals surface area contributed by atoms with E-state index < -0.39 is 34.3 Å². The van der Waals surface area contributed by atoms with E-state index in [4.69, 9.17) is 0 Å². The Morgan fingerprint density at radius 2 is 1.54 bits per heavy atom. The molecule has 0 aliphatic carbocycles. The Labute approximate surface area is 230 Å². The number of benzene rings is 3. The molecule has 1 atom stereocenters. The van der Waals surface area contributed by atoms with Crippen LogP contribution in [0.25, 0.3) is 0 Å². The number of amides is 2. The van der Waals surface area contributed by atoms with Crippen LogP contribution in [0.3, 0.4) is 0 Å². The molecule has 0 aromatic heterocycles. The van der Waals surface area contributed by atoms with Gasteiger partial charge in [-0.15, -0.1) is 0 Å². The maximum absolute atomic E-state index is 15.0. The summed E-state index contributed by atoms with van der Waals surface area (Å²) in [6.45, 7) is 7.49. The van der Waals surface area contributed by atoms with Crippen molar-refractivity contribution in [1.29, 1.82) is 0 Å². The van der Waals surface area contributed by atoms with Crippen molar-refractivity contribution in [2.75, 3.05) is 17.4 Å². The van der Waals surface area contributed by atoms with E-state index in [0.717, 1.165) is 21.5 Å². The lowest BCUT2D eigenvalue weighted by Gasteiger charge is -2.33. The molecule has 0 saturated heterocycles. The van der Waals surface area contributed by atoms with Gasteiger partial charge < -0.3 is 10.2 Å². The molecule has 0 bridgehead atoms. The highest BCUT2D eigenvalue weighted by molar-refractivity contribution is 7.92. The van der Waals surface area contributed by atoms with E-state index >= 15 is 0 Å². The van der Waals surface area contributed by atoms with Crippen LogP contribution in [-0.4, -0.2) is 44.3 Å². The number of aryl methyl sites for hydroxylation is 1. The molecule has 0 radical (unpaired) electrons. The lowest BCUT2D eigenvalue weighted by molar-refractivity contribution is -0.140. The predicted molar refractivity (Wildman–Crippen MR) is 151 cm³/mol. The first kappa shape index (κ1) is 29.8. The molecule has 0 spiro atoms. The number of halogens is 1. The summed E-state index contributed by atoms with van der Waals surface area (Å²) in [5, 5.41) is 2.89. The van der Waals surface area contributed by atoms with Gasteiger partial charge in [-0.05, 0) is 54.7 Å². The van der Waals surface area contributed by atoms with Gasteiger partial charge in [-0.25, -0.2) is 12.8 Å². The first-order valence-electron chi connectivity index (χ1n) is 13.0. The van der Waals surface area contributed by atoms with Gasteiger partial charge in [0.15, 0.2) is 0 Å². The fraction of sp³-hybridized carbons (Fsp3) is 0.333. The molecule has 0 aliphatic heterocycles. The van der Waals surface area contributed by atoms with Gasteiger partial charge in [0.1, 0.15) is 18.4 Å². The van der Waals surface area contributed by atoms with Gasteiger partial charge >= 0.3 is 0 Å². The first-order valence-corrected chi connectivity index (χ1v) is 14.4.